The highest BCUT2D eigenvalue weighted by molar-refractivity contribution is 5.60. The Morgan fingerprint density at radius 3 is 2.70 bits per heavy atom. The van der Waals surface area contributed by atoms with Crippen molar-refractivity contribution in [3.8, 4) is 0 Å². The van der Waals surface area contributed by atoms with Crippen LogP contribution in [0.5, 0.6) is 0 Å². The number of nitrogens with two attached hydrogens (primary N) is 1. The molecule has 0 aliphatic carbocycles. The van der Waals surface area contributed by atoms with E-state index < -0.39 is 4.92 Å². The minimum Gasteiger partial charge on any atom is -0.381 e. The highest BCUT2D eigenvalue weighted by Gasteiger charge is 2.20. The van der Waals surface area contributed by atoms with Crippen molar-refractivity contribution >= 4 is 17.5 Å². The molecule has 3 N–H and O–H groups in total. The molecule has 0 aromatic carbocycles. The van der Waals surface area contributed by atoms with Crippen LogP contribution < -0.4 is 11.1 Å². The minimum atomic E-state index is -0.505. The van der Waals surface area contributed by atoms with Gasteiger partial charge in [0.2, 0.25) is 11.8 Å². The zero-order chi connectivity index (χ0) is 15.0. The number of nitrogens with one attached hydrogen (secondary N) is 1. The third kappa shape index (κ3) is 4.96. The summed E-state index contributed by atoms with van der Waals surface area (Å²) in [5.74, 6) is 0.184. The van der Waals surface area contributed by atoms with Gasteiger partial charge in [0.05, 0.1) is 4.92 Å². The van der Waals surface area contributed by atoms with Crippen LogP contribution in [0.2, 0.25) is 0 Å². The molecule has 0 aliphatic rings. The molecule has 20 heavy (non-hydrogen) atoms. The van der Waals surface area contributed by atoms with Crippen LogP contribution in [0.4, 0.5) is 17.5 Å². The normalized spacial score (nSPS) is 10.5. The summed E-state index contributed by atoms with van der Waals surface area (Å²) in [6.07, 6.45) is 2.88. The molecule has 0 bridgehead atoms. The van der Waals surface area contributed by atoms with Gasteiger partial charge in [-0.2, -0.15) is 4.98 Å². The van der Waals surface area contributed by atoms with Gasteiger partial charge in [0.15, 0.2) is 0 Å². The molecular formula is C12H21N5O3. The maximum atomic E-state index is 11.0. The fraction of sp³-hybridized carbons (Fsp3) is 0.667. The highest BCUT2D eigenvalue weighted by atomic mass is 16.6. The van der Waals surface area contributed by atoms with E-state index in [-0.39, 0.29) is 23.1 Å². The molecule has 0 saturated carbocycles. The van der Waals surface area contributed by atoms with Crippen LogP contribution in [-0.2, 0) is 4.74 Å². The molecule has 0 amide bonds. The second-order valence-corrected chi connectivity index (χ2v) is 4.37. The molecule has 0 aliphatic heterocycles. The molecule has 1 rings (SSSR count). The van der Waals surface area contributed by atoms with E-state index in [1.807, 2.05) is 0 Å². The van der Waals surface area contributed by atoms with Crippen LogP contribution in [-0.4, -0.2) is 34.6 Å². The van der Waals surface area contributed by atoms with E-state index in [9.17, 15) is 10.1 Å². The maximum absolute atomic E-state index is 11.0. The molecule has 0 fully saturated rings. The Bertz CT molecular complexity index is 453. The van der Waals surface area contributed by atoms with E-state index in [0.717, 1.165) is 25.9 Å². The molecule has 0 atom stereocenters. The Morgan fingerprint density at radius 1 is 1.35 bits per heavy atom. The summed E-state index contributed by atoms with van der Waals surface area (Å²) in [5, 5.41) is 13.9. The van der Waals surface area contributed by atoms with Gasteiger partial charge in [-0.15, -0.1) is 0 Å². The van der Waals surface area contributed by atoms with E-state index in [1.165, 1.54) is 6.92 Å². The number of ether oxygens (including phenoxy) is 1. The van der Waals surface area contributed by atoms with Crippen molar-refractivity contribution < 1.29 is 9.66 Å². The molecule has 0 spiro atoms. The Morgan fingerprint density at radius 2 is 2.05 bits per heavy atom. The van der Waals surface area contributed by atoms with Crippen molar-refractivity contribution in [2.75, 3.05) is 30.8 Å². The fourth-order valence-electron chi connectivity index (χ4n) is 1.66. The molecule has 112 valence electrons. The van der Waals surface area contributed by atoms with Gasteiger partial charge in [0.1, 0.15) is 5.69 Å². The summed E-state index contributed by atoms with van der Waals surface area (Å²) >= 11 is 0. The van der Waals surface area contributed by atoms with E-state index in [0.29, 0.717) is 13.2 Å². The van der Waals surface area contributed by atoms with Gasteiger partial charge in [-0.3, -0.25) is 10.1 Å². The van der Waals surface area contributed by atoms with Crippen LogP contribution in [0.25, 0.3) is 0 Å². The minimum absolute atomic E-state index is 0.0230. The van der Waals surface area contributed by atoms with Crippen LogP contribution in [0.15, 0.2) is 0 Å². The number of anilines is 2. The maximum Gasteiger partial charge on any atom is 0.332 e. The number of nitrogen functional groups attached to an aromatic ring is 1. The van der Waals surface area contributed by atoms with Crippen molar-refractivity contribution in [3.63, 3.8) is 0 Å². The molecule has 0 radical (unpaired) electrons. The van der Waals surface area contributed by atoms with Crippen LogP contribution in [0, 0.1) is 17.0 Å². The molecular weight excluding hydrogens is 262 g/mol. The monoisotopic (exact) mass is 283 g/mol. The molecule has 8 heteroatoms. The first kappa shape index (κ1) is 16.1. The SMILES string of the molecule is CCCCOCCCNc1nc(N)nc(C)c1[N+](=O)[O-]. The Hall–Kier alpha value is -1.96. The van der Waals surface area contributed by atoms with Gasteiger partial charge in [-0.1, -0.05) is 13.3 Å². The second-order valence-electron chi connectivity index (χ2n) is 4.37. The topological polar surface area (TPSA) is 116 Å². The highest BCUT2D eigenvalue weighted by Crippen LogP contribution is 2.25. The Labute approximate surface area is 117 Å². The van der Waals surface area contributed by atoms with E-state index in [1.54, 1.807) is 0 Å². The first-order valence-electron chi connectivity index (χ1n) is 6.66. The van der Waals surface area contributed by atoms with Crippen molar-refractivity contribution in [2.24, 2.45) is 0 Å². The average Bonchev–Trinajstić information content (AvgIpc) is 2.36. The number of hydrogen-bond donors (Lipinski definition) is 2. The zero-order valence-corrected chi connectivity index (χ0v) is 11.9. The van der Waals surface area contributed by atoms with Gasteiger partial charge in [0.25, 0.3) is 0 Å². The van der Waals surface area contributed by atoms with Crippen LogP contribution in [0.1, 0.15) is 31.9 Å². The lowest BCUT2D eigenvalue weighted by molar-refractivity contribution is -0.385. The molecule has 8 nitrogen and oxygen atoms in total. The van der Waals surface area contributed by atoms with Gasteiger partial charge in [-0.05, 0) is 19.8 Å². The third-order valence-electron chi connectivity index (χ3n) is 2.66. The second kappa shape index (κ2) is 8.26. The lowest BCUT2D eigenvalue weighted by Crippen LogP contribution is -2.12. The first-order valence-corrected chi connectivity index (χ1v) is 6.66. The van der Waals surface area contributed by atoms with Crippen molar-refractivity contribution in [2.45, 2.75) is 33.1 Å². The number of aryl methyl sites for hydroxylation is 1. The van der Waals surface area contributed by atoms with Gasteiger partial charge >= 0.3 is 5.69 Å². The van der Waals surface area contributed by atoms with Gasteiger partial charge in [-0.25, -0.2) is 4.98 Å². The van der Waals surface area contributed by atoms with Crippen LogP contribution >= 0.6 is 0 Å². The van der Waals surface area contributed by atoms with Crippen molar-refractivity contribution in [1.82, 2.24) is 9.97 Å². The third-order valence-corrected chi connectivity index (χ3v) is 2.66. The van der Waals surface area contributed by atoms with Crippen molar-refractivity contribution in [1.29, 1.82) is 0 Å². The Kier molecular flexibility index (Phi) is 6.65. The largest absolute Gasteiger partial charge is 0.381 e. The summed E-state index contributed by atoms with van der Waals surface area (Å²) < 4.78 is 5.41. The lowest BCUT2D eigenvalue weighted by atomic mass is 10.3. The number of nitro groups is 1. The summed E-state index contributed by atoms with van der Waals surface area (Å²) in [6.45, 7) is 5.53. The quantitative estimate of drug-likeness (QED) is 0.404. The summed E-state index contributed by atoms with van der Waals surface area (Å²) in [6, 6.07) is 0. The average molecular weight is 283 g/mol. The van der Waals surface area contributed by atoms with Crippen molar-refractivity contribution in [3.05, 3.63) is 15.8 Å². The molecule has 0 saturated heterocycles. The fourth-order valence-corrected chi connectivity index (χ4v) is 1.66. The lowest BCUT2D eigenvalue weighted by Gasteiger charge is -2.08. The number of rotatable bonds is 9. The molecule has 1 aromatic rings. The molecule has 1 heterocycles. The molecule has 0 unspecified atom stereocenters. The number of nitrogens with zero attached hydrogens (tertiary/aromatic N) is 3. The van der Waals surface area contributed by atoms with E-state index in [2.05, 4.69) is 22.2 Å². The zero-order valence-electron chi connectivity index (χ0n) is 11.9. The predicted molar refractivity (Wildman–Crippen MR) is 76.7 cm³/mol. The van der Waals surface area contributed by atoms with E-state index in [4.69, 9.17) is 10.5 Å². The smallest absolute Gasteiger partial charge is 0.332 e. The number of aromatic nitrogens is 2. The number of hydrogen-bond acceptors (Lipinski definition) is 7. The van der Waals surface area contributed by atoms with E-state index >= 15 is 0 Å². The van der Waals surface area contributed by atoms with Gasteiger partial charge in [0, 0.05) is 19.8 Å². The number of unbranched alkanes of at least 4 members (excludes halogenated alkanes) is 1. The summed E-state index contributed by atoms with van der Waals surface area (Å²) in [7, 11) is 0. The summed E-state index contributed by atoms with van der Waals surface area (Å²) in [5.41, 5.74) is 5.62. The molecule has 1 aromatic heterocycles. The predicted octanol–water partition coefficient (Wildman–Crippen LogP) is 1.89. The van der Waals surface area contributed by atoms with Crippen LogP contribution in [0.3, 0.4) is 0 Å². The van der Waals surface area contributed by atoms with Gasteiger partial charge < -0.3 is 15.8 Å². The first-order chi connectivity index (χ1) is 9.56. The Balaban J connectivity index is 2.49. The summed E-state index contributed by atoms with van der Waals surface area (Å²) in [4.78, 5) is 18.1. The standard InChI is InChI=1S/C12H21N5O3/c1-3-4-7-20-8-5-6-14-11-10(17(18)19)9(2)15-12(13)16-11/h3-8H2,1-2H3,(H3,13,14,15,16).